The summed E-state index contributed by atoms with van der Waals surface area (Å²) in [5.74, 6) is -1.02. The molecule has 9 nitrogen and oxygen atoms in total. The van der Waals surface area contributed by atoms with E-state index in [4.69, 9.17) is 16.6 Å². The molecule has 45 heavy (non-hydrogen) atoms. The number of halogens is 2. The number of hydrogen-bond donors (Lipinski definition) is 1. The van der Waals surface area contributed by atoms with E-state index >= 15 is 0 Å². The molecule has 0 unspecified atom stereocenters. The molecule has 1 aromatic carbocycles. The second-order valence-electron chi connectivity index (χ2n) is 12.0. The van der Waals surface area contributed by atoms with Crippen molar-refractivity contribution in [3.8, 4) is 11.1 Å². The first-order valence-corrected chi connectivity index (χ1v) is 14.9. The van der Waals surface area contributed by atoms with E-state index in [2.05, 4.69) is 14.9 Å². The Morgan fingerprint density at radius 3 is 2.53 bits per heavy atom. The highest BCUT2D eigenvalue weighted by molar-refractivity contribution is 6.30. The molecule has 0 saturated carbocycles. The molecule has 4 aromatic heterocycles. The Morgan fingerprint density at radius 1 is 1.07 bits per heavy atom. The van der Waals surface area contributed by atoms with Gasteiger partial charge in [-0.3, -0.25) is 9.78 Å². The molecule has 1 saturated heterocycles. The van der Waals surface area contributed by atoms with Crippen molar-refractivity contribution in [3.05, 3.63) is 106 Å². The van der Waals surface area contributed by atoms with Crippen LogP contribution in [-0.2, 0) is 6.54 Å². The fourth-order valence-corrected chi connectivity index (χ4v) is 6.27. The van der Waals surface area contributed by atoms with Crippen molar-refractivity contribution in [2.75, 3.05) is 24.5 Å². The minimum Gasteiger partial charge on any atom is -0.478 e. The number of carboxylic acid groups (broad SMARTS) is 1. The SMILES string of the molecule is Cc1cc(N2CCN(C(=O)c3ccc4c(-c5ccc(Cl)c(F)c5)cn(Cc5cccnc5)c4n3)C(C)(C)C2)nc(C)c1C(=O)O. The van der Waals surface area contributed by atoms with E-state index in [1.807, 2.05) is 47.7 Å². The molecule has 6 rings (SSSR count). The summed E-state index contributed by atoms with van der Waals surface area (Å²) in [4.78, 5) is 43.3. The van der Waals surface area contributed by atoms with Gasteiger partial charge in [0.2, 0.25) is 0 Å². The predicted molar refractivity (Wildman–Crippen MR) is 171 cm³/mol. The van der Waals surface area contributed by atoms with E-state index in [9.17, 15) is 19.1 Å². The Labute approximate surface area is 264 Å². The van der Waals surface area contributed by atoms with Crippen LogP contribution in [0.2, 0.25) is 5.02 Å². The summed E-state index contributed by atoms with van der Waals surface area (Å²) in [7, 11) is 0. The number of rotatable bonds is 6. The van der Waals surface area contributed by atoms with Crippen LogP contribution in [0.4, 0.5) is 10.2 Å². The van der Waals surface area contributed by atoms with Gasteiger partial charge >= 0.3 is 5.97 Å². The van der Waals surface area contributed by atoms with Gasteiger partial charge in [0.1, 0.15) is 23.0 Å². The number of carboxylic acids is 1. The maximum Gasteiger partial charge on any atom is 0.337 e. The number of anilines is 1. The summed E-state index contributed by atoms with van der Waals surface area (Å²) in [6, 6.07) is 13.9. The zero-order valence-corrected chi connectivity index (χ0v) is 26.1. The van der Waals surface area contributed by atoms with Crippen LogP contribution in [0.1, 0.15) is 51.5 Å². The second-order valence-corrected chi connectivity index (χ2v) is 12.4. The van der Waals surface area contributed by atoms with Crippen LogP contribution in [0.3, 0.4) is 0 Å². The summed E-state index contributed by atoms with van der Waals surface area (Å²) in [5.41, 5.74) is 4.03. The van der Waals surface area contributed by atoms with Crippen LogP contribution in [-0.4, -0.2) is 66.6 Å². The van der Waals surface area contributed by atoms with Crippen molar-refractivity contribution >= 4 is 40.3 Å². The summed E-state index contributed by atoms with van der Waals surface area (Å²) in [6.07, 6.45) is 5.40. The van der Waals surface area contributed by atoms with Crippen molar-refractivity contribution in [3.63, 3.8) is 0 Å². The van der Waals surface area contributed by atoms with Gasteiger partial charge < -0.3 is 19.5 Å². The van der Waals surface area contributed by atoms with Crippen molar-refractivity contribution in [2.45, 2.75) is 39.8 Å². The lowest BCUT2D eigenvalue weighted by Gasteiger charge is -2.47. The lowest BCUT2D eigenvalue weighted by Crippen LogP contribution is -2.61. The third-order valence-electron chi connectivity index (χ3n) is 8.32. The van der Waals surface area contributed by atoms with Crippen molar-refractivity contribution in [1.29, 1.82) is 0 Å². The van der Waals surface area contributed by atoms with Gasteiger partial charge in [-0.1, -0.05) is 23.7 Å². The molecule has 0 radical (unpaired) electrons. The molecule has 1 aliphatic heterocycles. The molecule has 1 aliphatic rings. The van der Waals surface area contributed by atoms with Gasteiger partial charge in [0.15, 0.2) is 0 Å². The zero-order chi connectivity index (χ0) is 32.0. The molecular weight excluding hydrogens is 595 g/mol. The van der Waals surface area contributed by atoms with Crippen LogP contribution in [0.15, 0.2) is 67.1 Å². The quantitative estimate of drug-likeness (QED) is 0.233. The fraction of sp³-hybridized carbons (Fsp3) is 0.265. The Morgan fingerprint density at radius 2 is 1.87 bits per heavy atom. The first kappa shape index (κ1) is 30.2. The number of pyridine rings is 3. The van der Waals surface area contributed by atoms with E-state index < -0.39 is 17.3 Å². The molecule has 11 heteroatoms. The van der Waals surface area contributed by atoms with Gasteiger partial charge in [0.05, 0.1) is 28.4 Å². The number of hydrogen-bond acceptors (Lipinski definition) is 6. The van der Waals surface area contributed by atoms with Crippen LogP contribution in [0.25, 0.3) is 22.2 Å². The molecule has 0 spiro atoms. The molecule has 1 fully saturated rings. The molecular formula is C34H32ClFN6O3. The molecule has 0 atom stereocenters. The van der Waals surface area contributed by atoms with Crippen molar-refractivity contribution in [1.82, 2.24) is 24.4 Å². The highest BCUT2D eigenvalue weighted by Gasteiger charge is 2.38. The number of benzene rings is 1. The molecule has 5 heterocycles. The highest BCUT2D eigenvalue weighted by atomic mass is 35.5. The molecule has 0 aliphatic carbocycles. The minimum absolute atomic E-state index is 0.0462. The summed E-state index contributed by atoms with van der Waals surface area (Å²) in [5, 5.41) is 10.4. The third-order valence-corrected chi connectivity index (χ3v) is 8.62. The average molecular weight is 627 g/mol. The van der Waals surface area contributed by atoms with Crippen LogP contribution in [0, 0.1) is 19.7 Å². The van der Waals surface area contributed by atoms with Gasteiger partial charge in [0, 0.05) is 49.2 Å². The fourth-order valence-electron chi connectivity index (χ4n) is 6.15. The second kappa shape index (κ2) is 11.6. The standard InChI is InChI=1S/C34H32ClFN6O3/c1-20-14-29(38-21(2)30(20)33(44)45)40-12-13-42(34(3,4)19-40)32(43)28-10-8-24-25(23-7-9-26(35)27(36)15-23)18-41(31(24)39-28)17-22-6-5-11-37-16-22/h5-11,14-16,18H,12-13,17,19H2,1-4H3,(H,44,45). The summed E-state index contributed by atoms with van der Waals surface area (Å²) < 4.78 is 16.4. The largest absolute Gasteiger partial charge is 0.478 e. The smallest absolute Gasteiger partial charge is 0.337 e. The first-order valence-electron chi connectivity index (χ1n) is 14.6. The maximum atomic E-state index is 14.4. The van der Waals surface area contributed by atoms with Gasteiger partial charge in [-0.05, 0) is 80.8 Å². The first-order chi connectivity index (χ1) is 21.4. The lowest BCUT2D eigenvalue weighted by molar-refractivity contribution is 0.0507. The molecule has 230 valence electrons. The number of nitrogens with zero attached hydrogens (tertiary/aromatic N) is 6. The number of amides is 1. The van der Waals surface area contributed by atoms with E-state index in [0.717, 1.165) is 16.5 Å². The van der Waals surface area contributed by atoms with Crippen molar-refractivity contribution < 1.29 is 19.1 Å². The van der Waals surface area contributed by atoms with E-state index in [-0.39, 0.29) is 16.5 Å². The Bertz CT molecular complexity index is 1940. The number of aromatic nitrogens is 4. The van der Waals surface area contributed by atoms with Crippen LogP contribution >= 0.6 is 11.6 Å². The molecule has 5 aromatic rings. The number of carbonyl (C=O) groups is 2. The van der Waals surface area contributed by atoms with Crippen molar-refractivity contribution in [2.24, 2.45) is 0 Å². The minimum atomic E-state index is -0.997. The summed E-state index contributed by atoms with van der Waals surface area (Å²) in [6.45, 7) is 9.39. The Kier molecular flexibility index (Phi) is 7.78. The highest BCUT2D eigenvalue weighted by Crippen LogP contribution is 2.34. The predicted octanol–water partition coefficient (Wildman–Crippen LogP) is 6.39. The number of aromatic carboxylic acids is 1. The van der Waals surface area contributed by atoms with E-state index in [1.54, 1.807) is 44.4 Å². The van der Waals surface area contributed by atoms with E-state index in [0.29, 0.717) is 60.2 Å². The molecule has 0 bridgehead atoms. The third kappa shape index (κ3) is 5.73. The Hall–Kier alpha value is -4.83. The van der Waals surface area contributed by atoms with Gasteiger partial charge in [0.25, 0.3) is 5.91 Å². The topological polar surface area (TPSA) is 104 Å². The molecule has 1 N–H and O–H groups in total. The maximum absolute atomic E-state index is 14.4. The van der Waals surface area contributed by atoms with Gasteiger partial charge in [-0.2, -0.15) is 0 Å². The number of fused-ring (bicyclic) bond motifs is 1. The van der Waals surface area contributed by atoms with Crippen LogP contribution in [0.5, 0.6) is 0 Å². The zero-order valence-electron chi connectivity index (χ0n) is 25.4. The number of piperazine rings is 1. The Balaban J connectivity index is 1.33. The van der Waals surface area contributed by atoms with Gasteiger partial charge in [-0.25, -0.2) is 19.2 Å². The number of aryl methyl sites for hydroxylation is 2. The van der Waals surface area contributed by atoms with E-state index in [1.165, 1.54) is 12.1 Å². The van der Waals surface area contributed by atoms with Crippen LogP contribution < -0.4 is 4.90 Å². The lowest BCUT2D eigenvalue weighted by atomic mass is 9.97. The molecule has 1 amide bonds. The monoisotopic (exact) mass is 626 g/mol. The normalized spacial score (nSPS) is 14.6. The summed E-state index contributed by atoms with van der Waals surface area (Å²) >= 11 is 5.96. The number of carbonyl (C=O) groups excluding carboxylic acids is 1. The average Bonchev–Trinajstić information content (AvgIpc) is 3.35. The van der Waals surface area contributed by atoms with Gasteiger partial charge in [-0.15, -0.1) is 0 Å².